The molecule has 0 bridgehead atoms. The maximum atomic E-state index is 12.4. The van der Waals surface area contributed by atoms with Crippen molar-refractivity contribution in [1.29, 1.82) is 5.26 Å². The van der Waals surface area contributed by atoms with Crippen LogP contribution in [0.5, 0.6) is 0 Å². The van der Waals surface area contributed by atoms with E-state index in [1.54, 1.807) is 24.1 Å². The lowest BCUT2D eigenvalue weighted by Crippen LogP contribution is -2.26. The fraction of sp³-hybridized carbons (Fsp3) is 0.263. The predicted molar refractivity (Wildman–Crippen MR) is 87.5 cm³/mol. The molecule has 2 rings (SSSR count). The van der Waals surface area contributed by atoms with Crippen molar-refractivity contribution in [2.75, 3.05) is 7.05 Å². The Morgan fingerprint density at radius 2 is 1.68 bits per heavy atom. The van der Waals surface area contributed by atoms with Crippen LogP contribution in [0, 0.1) is 11.3 Å². The summed E-state index contributed by atoms with van der Waals surface area (Å²) in [6.45, 7) is 4.79. The maximum Gasteiger partial charge on any atom is 0.253 e. The highest BCUT2D eigenvalue weighted by Crippen LogP contribution is 2.16. The highest BCUT2D eigenvalue weighted by atomic mass is 16.2. The minimum Gasteiger partial charge on any atom is -0.337 e. The van der Waals surface area contributed by atoms with Gasteiger partial charge in [-0.25, -0.2) is 0 Å². The number of hydrogen-bond acceptors (Lipinski definition) is 2. The molecule has 0 spiro atoms. The molecule has 0 heterocycles. The van der Waals surface area contributed by atoms with Crippen molar-refractivity contribution in [3.8, 4) is 6.07 Å². The summed E-state index contributed by atoms with van der Waals surface area (Å²) in [7, 11) is 1.79. The molecule has 0 aliphatic rings. The number of nitriles is 1. The Balaban J connectivity index is 2.06. The largest absolute Gasteiger partial charge is 0.337 e. The molecule has 0 fully saturated rings. The minimum absolute atomic E-state index is 0.000309. The van der Waals surface area contributed by atoms with Crippen molar-refractivity contribution in [3.05, 3.63) is 70.8 Å². The third-order valence-corrected chi connectivity index (χ3v) is 3.67. The molecule has 0 saturated carbocycles. The minimum atomic E-state index is -0.000309. The van der Waals surface area contributed by atoms with Gasteiger partial charge in [-0.15, -0.1) is 0 Å². The van der Waals surface area contributed by atoms with Crippen LogP contribution in [0.2, 0.25) is 0 Å². The van der Waals surface area contributed by atoms with E-state index in [-0.39, 0.29) is 5.91 Å². The zero-order chi connectivity index (χ0) is 16.1. The van der Waals surface area contributed by atoms with Crippen LogP contribution in [-0.2, 0) is 6.54 Å². The average Bonchev–Trinajstić information content (AvgIpc) is 2.55. The summed E-state index contributed by atoms with van der Waals surface area (Å²) in [5, 5.41) is 8.79. The molecule has 0 aliphatic heterocycles. The first-order valence-corrected chi connectivity index (χ1v) is 7.35. The number of carbonyl (C=O) groups excluding carboxylic acids is 1. The molecule has 3 nitrogen and oxygen atoms in total. The summed E-state index contributed by atoms with van der Waals surface area (Å²) in [5.74, 6) is 0.459. The molecule has 22 heavy (non-hydrogen) atoms. The van der Waals surface area contributed by atoms with Gasteiger partial charge in [0.15, 0.2) is 0 Å². The number of hydrogen-bond donors (Lipinski definition) is 0. The van der Waals surface area contributed by atoms with E-state index >= 15 is 0 Å². The average molecular weight is 292 g/mol. The molecular weight excluding hydrogens is 272 g/mol. The van der Waals surface area contributed by atoms with Crippen molar-refractivity contribution in [2.45, 2.75) is 26.3 Å². The topological polar surface area (TPSA) is 44.1 Å². The Labute approximate surface area is 131 Å². The van der Waals surface area contributed by atoms with E-state index < -0.39 is 0 Å². The second-order valence-electron chi connectivity index (χ2n) is 5.75. The number of amides is 1. The van der Waals surface area contributed by atoms with E-state index in [0.29, 0.717) is 23.6 Å². The second kappa shape index (κ2) is 6.91. The smallest absolute Gasteiger partial charge is 0.253 e. The molecule has 1 amide bonds. The van der Waals surface area contributed by atoms with Crippen LogP contribution in [0.1, 0.15) is 46.8 Å². The molecule has 0 aliphatic carbocycles. The first-order chi connectivity index (χ1) is 10.5. The Hall–Kier alpha value is -2.60. The van der Waals surface area contributed by atoms with Gasteiger partial charge in [-0.05, 0) is 41.3 Å². The predicted octanol–water partition coefficient (Wildman–Crippen LogP) is 3.95. The van der Waals surface area contributed by atoms with Crippen LogP contribution in [-0.4, -0.2) is 17.9 Å². The first-order valence-electron chi connectivity index (χ1n) is 7.35. The Kier molecular flexibility index (Phi) is 4.95. The molecule has 2 aromatic carbocycles. The lowest BCUT2D eigenvalue weighted by molar-refractivity contribution is 0.0785. The summed E-state index contributed by atoms with van der Waals surface area (Å²) in [6, 6.07) is 17.2. The van der Waals surface area contributed by atoms with E-state index in [2.05, 4.69) is 19.9 Å². The van der Waals surface area contributed by atoms with E-state index in [9.17, 15) is 4.79 Å². The third-order valence-electron chi connectivity index (χ3n) is 3.67. The zero-order valence-electron chi connectivity index (χ0n) is 13.2. The molecule has 0 unspecified atom stereocenters. The quantitative estimate of drug-likeness (QED) is 0.856. The van der Waals surface area contributed by atoms with Gasteiger partial charge in [0.2, 0.25) is 0 Å². The lowest BCUT2D eigenvalue weighted by Gasteiger charge is -2.18. The fourth-order valence-corrected chi connectivity index (χ4v) is 2.26. The molecular formula is C19H20N2O. The highest BCUT2D eigenvalue weighted by Gasteiger charge is 2.12. The molecule has 0 aromatic heterocycles. The van der Waals surface area contributed by atoms with Crippen LogP contribution in [0.25, 0.3) is 0 Å². The summed E-state index contributed by atoms with van der Waals surface area (Å²) >= 11 is 0. The van der Waals surface area contributed by atoms with Crippen molar-refractivity contribution < 1.29 is 4.79 Å². The van der Waals surface area contributed by atoms with E-state index in [1.165, 1.54) is 5.56 Å². The summed E-state index contributed by atoms with van der Waals surface area (Å²) < 4.78 is 0. The van der Waals surface area contributed by atoms with Gasteiger partial charge in [0.1, 0.15) is 0 Å². The van der Waals surface area contributed by atoms with Crippen molar-refractivity contribution >= 4 is 5.91 Å². The molecule has 0 N–H and O–H groups in total. The first kappa shape index (κ1) is 15.8. The van der Waals surface area contributed by atoms with Gasteiger partial charge >= 0.3 is 0 Å². The molecule has 112 valence electrons. The Morgan fingerprint density at radius 1 is 1.09 bits per heavy atom. The SMILES string of the molecule is CC(C)c1ccc(C(=O)N(C)Cc2ccc(C#N)cc2)cc1. The molecule has 0 saturated heterocycles. The maximum absolute atomic E-state index is 12.4. The lowest BCUT2D eigenvalue weighted by atomic mass is 10.0. The van der Waals surface area contributed by atoms with Crippen LogP contribution < -0.4 is 0 Å². The van der Waals surface area contributed by atoms with Crippen LogP contribution in [0.4, 0.5) is 0 Å². The fourth-order valence-electron chi connectivity index (χ4n) is 2.26. The second-order valence-corrected chi connectivity index (χ2v) is 5.75. The van der Waals surface area contributed by atoms with Crippen LogP contribution in [0.3, 0.4) is 0 Å². The van der Waals surface area contributed by atoms with Gasteiger partial charge in [-0.2, -0.15) is 5.26 Å². The monoisotopic (exact) mass is 292 g/mol. The molecule has 0 radical (unpaired) electrons. The molecule has 2 aromatic rings. The van der Waals surface area contributed by atoms with E-state index in [4.69, 9.17) is 5.26 Å². The zero-order valence-corrected chi connectivity index (χ0v) is 13.2. The summed E-state index contributed by atoms with van der Waals surface area (Å²) in [5.41, 5.74) is 3.56. The highest BCUT2D eigenvalue weighted by molar-refractivity contribution is 5.94. The van der Waals surface area contributed by atoms with Crippen LogP contribution >= 0.6 is 0 Å². The van der Waals surface area contributed by atoms with Crippen molar-refractivity contribution in [3.63, 3.8) is 0 Å². The summed E-state index contributed by atoms with van der Waals surface area (Å²) in [6.07, 6.45) is 0. The van der Waals surface area contributed by atoms with Crippen LogP contribution in [0.15, 0.2) is 48.5 Å². The molecule has 3 heteroatoms. The summed E-state index contributed by atoms with van der Waals surface area (Å²) in [4.78, 5) is 14.1. The third kappa shape index (κ3) is 3.73. The Bertz CT molecular complexity index is 679. The van der Waals surface area contributed by atoms with Gasteiger partial charge in [0.25, 0.3) is 5.91 Å². The van der Waals surface area contributed by atoms with Gasteiger partial charge in [-0.3, -0.25) is 4.79 Å². The Morgan fingerprint density at radius 3 is 2.18 bits per heavy atom. The van der Waals surface area contributed by atoms with Gasteiger partial charge in [0, 0.05) is 19.2 Å². The number of benzene rings is 2. The van der Waals surface area contributed by atoms with E-state index in [0.717, 1.165) is 5.56 Å². The molecule has 0 atom stereocenters. The van der Waals surface area contributed by atoms with Gasteiger partial charge < -0.3 is 4.90 Å². The number of nitrogens with zero attached hydrogens (tertiary/aromatic N) is 2. The van der Waals surface area contributed by atoms with Gasteiger partial charge in [-0.1, -0.05) is 38.1 Å². The van der Waals surface area contributed by atoms with Crippen molar-refractivity contribution in [2.24, 2.45) is 0 Å². The standard InChI is InChI=1S/C19H20N2O/c1-14(2)17-8-10-18(11-9-17)19(22)21(3)13-16-6-4-15(12-20)5-7-16/h4-11,14H,13H2,1-3H3. The number of carbonyl (C=O) groups is 1. The van der Waals surface area contributed by atoms with Gasteiger partial charge in [0.05, 0.1) is 11.6 Å². The number of rotatable bonds is 4. The normalized spacial score (nSPS) is 10.3. The van der Waals surface area contributed by atoms with E-state index in [1.807, 2.05) is 36.4 Å². The van der Waals surface area contributed by atoms with Crippen molar-refractivity contribution in [1.82, 2.24) is 4.90 Å².